The van der Waals surface area contributed by atoms with Crippen LogP contribution in [0.15, 0.2) is 71.5 Å². The third-order valence-electron chi connectivity index (χ3n) is 7.21. The van der Waals surface area contributed by atoms with Crippen LogP contribution in [-0.4, -0.2) is 65.3 Å². The molecule has 3 aromatic rings. The predicted molar refractivity (Wildman–Crippen MR) is 138 cm³/mol. The summed E-state index contributed by atoms with van der Waals surface area (Å²) >= 11 is 0. The Hall–Kier alpha value is -3.13. The molecule has 7 heteroatoms. The Morgan fingerprint density at radius 2 is 1.57 bits per heavy atom. The third-order valence-corrected chi connectivity index (χ3v) is 7.21. The molecule has 5 rings (SSSR count). The van der Waals surface area contributed by atoms with Crippen molar-refractivity contribution in [2.24, 2.45) is 7.05 Å². The van der Waals surface area contributed by atoms with E-state index in [0.29, 0.717) is 25.4 Å². The average Bonchev–Trinajstić information content (AvgIpc) is 2.91. The largest absolute Gasteiger partial charge is 0.503 e. The highest BCUT2D eigenvalue weighted by Crippen LogP contribution is 2.25. The van der Waals surface area contributed by atoms with Gasteiger partial charge in [-0.3, -0.25) is 14.6 Å². The number of benzene rings is 2. The number of piperazine rings is 1. The number of nitrogens with zero attached hydrogens (tertiary/aromatic N) is 4. The highest BCUT2D eigenvalue weighted by molar-refractivity contribution is 5.46. The fourth-order valence-electron chi connectivity index (χ4n) is 5.08. The van der Waals surface area contributed by atoms with Crippen LogP contribution in [0.3, 0.4) is 0 Å². The van der Waals surface area contributed by atoms with Gasteiger partial charge < -0.3 is 19.3 Å². The van der Waals surface area contributed by atoms with Gasteiger partial charge in [-0.1, -0.05) is 48.5 Å². The van der Waals surface area contributed by atoms with Crippen molar-refractivity contribution >= 4 is 5.69 Å². The molecule has 2 saturated heterocycles. The first kappa shape index (κ1) is 23.6. The number of hydrogen-bond donors (Lipinski definition) is 1. The van der Waals surface area contributed by atoms with Gasteiger partial charge in [0, 0.05) is 76.9 Å². The van der Waals surface area contributed by atoms with Gasteiger partial charge >= 0.3 is 0 Å². The summed E-state index contributed by atoms with van der Waals surface area (Å²) in [7, 11) is 1.96. The molecule has 35 heavy (non-hydrogen) atoms. The fraction of sp³-hybridized carbons (Fsp3) is 0.393. The van der Waals surface area contributed by atoms with E-state index in [1.807, 2.05) is 35.9 Å². The monoisotopic (exact) mass is 474 g/mol. The van der Waals surface area contributed by atoms with Crippen molar-refractivity contribution in [2.45, 2.75) is 19.2 Å². The highest BCUT2D eigenvalue weighted by atomic mass is 16.5. The summed E-state index contributed by atoms with van der Waals surface area (Å²) in [6, 6.07) is 22.3. The quantitative estimate of drug-likeness (QED) is 0.593. The SMILES string of the molecule is Cn1c(CN2CCN(c3ccccc3)CC2)cc(=O)c(O)c1CN1CCO[C@@H](c2ccccc2)C1. The van der Waals surface area contributed by atoms with E-state index in [1.165, 1.54) is 5.69 Å². The third kappa shape index (κ3) is 5.42. The minimum absolute atomic E-state index is 0.00628. The van der Waals surface area contributed by atoms with Gasteiger partial charge in [-0.25, -0.2) is 0 Å². The van der Waals surface area contributed by atoms with E-state index in [1.54, 1.807) is 6.07 Å². The van der Waals surface area contributed by atoms with Gasteiger partial charge in [-0.05, 0) is 17.7 Å². The summed E-state index contributed by atoms with van der Waals surface area (Å²) in [5.74, 6) is -0.145. The first-order valence-corrected chi connectivity index (χ1v) is 12.4. The minimum Gasteiger partial charge on any atom is -0.503 e. The van der Waals surface area contributed by atoms with E-state index >= 15 is 0 Å². The average molecular weight is 475 g/mol. The van der Waals surface area contributed by atoms with E-state index in [4.69, 9.17) is 4.74 Å². The summed E-state index contributed by atoms with van der Waals surface area (Å²) in [6.45, 7) is 7.10. The van der Waals surface area contributed by atoms with Gasteiger partial charge in [0.2, 0.25) is 5.43 Å². The molecule has 2 aromatic carbocycles. The zero-order chi connectivity index (χ0) is 24.2. The number of aromatic nitrogens is 1. The Bertz CT molecular complexity index is 1170. The standard InChI is InChI=1S/C28H34N4O3/c1-29-24(19-30-12-14-32(15-13-30)23-10-6-3-7-11-23)18-26(33)28(34)25(29)20-31-16-17-35-27(21-31)22-8-4-2-5-9-22/h2-11,18,27,34H,12-17,19-21H2,1H3/t27-/m1/s1. The molecule has 7 nitrogen and oxygen atoms in total. The molecular weight excluding hydrogens is 440 g/mol. The van der Waals surface area contributed by atoms with Crippen molar-refractivity contribution < 1.29 is 9.84 Å². The Balaban J connectivity index is 1.27. The second kappa shape index (κ2) is 10.6. The van der Waals surface area contributed by atoms with Crippen molar-refractivity contribution in [3.05, 3.63) is 93.9 Å². The van der Waals surface area contributed by atoms with Crippen LogP contribution in [0, 0.1) is 0 Å². The van der Waals surface area contributed by atoms with E-state index in [9.17, 15) is 9.90 Å². The van der Waals surface area contributed by atoms with Crippen molar-refractivity contribution in [3.8, 4) is 5.75 Å². The van der Waals surface area contributed by atoms with E-state index in [0.717, 1.165) is 50.5 Å². The van der Waals surface area contributed by atoms with Gasteiger partial charge in [0.25, 0.3) is 0 Å². The molecule has 0 radical (unpaired) electrons. The number of hydrogen-bond acceptors (Lipinski definition) is 6. The summed E-state index contributed by atoms with van der Waals surface area (Å²) in [4.78, 5) is 19.7. The van der Waals surface area contributed by atoms with Crippen LogP contribution in [0.2, 0.25) is 0 Å². The number of morpholine rings is 1. The zero-order valence-electron chi connectivity index (χ0n) is 20.3. The Morgan fingerprint density at radius 3 is 2.29 bits per heavy atom. The number of rotatable bonds is 6. The van der Waals surface area contributed by atoms with Crippen molar-refractivity contribution in [2.75, 3.05) is 50.8 Å². The summed E-state index contributed by atoms with van der Waals surface area (Å²) < 4.78 is 8.00. The maximum atomic E-state index is 12.7. The number of aromatic hydroxyl groups is 1. The van der Waals surface area contributed by atoms with Gasteiger partial charge in [0.15, 0.2) is 5.75 Å². The maximum Gasteiger partial charge on any atom is 0.223 e. The molecule has 0 saturated carbocycles. The normalized spacial score (nSPS) is 19.7. The molecule has 0 aliphatic carbocycles. The lowest BCUT2D eigenvalue weighted by Crippen LogP contribution is -2.46. The van der Waals surface area contributed by atoms with Crippen LogP contribution >= 0.6 is 0 Å². The molecule has 2 fully saturated rings. The van der Waals surface area contributed by atoms with Crippen molar-refractivity contribution in [1.29, 1.82) is 0 Å². The zero-order valence-corrected chi connectivity index (χ0v) is 20.3. The maximum absolute atomic E-state index is 12.7. The topological polar surface area (TPSA) is 61.2 Å². The number of para-hydroxylation sites is 1. The molecule has 0 unspecified atom stereocenters. The summed E-state index contributed by atoms with van der Waals surface area (Å²) in [5.41, 5.74) is 3.71. The smallest absolute Gasteiger partial charge is 0.223 e. The molecule has 184 valence electrons. The van der Waals surface area contributed by atoms with E-state index in [-0.39, 0.29) is 17.3 Å². The lowest BCUT2D eigenvalue weighted by atomic mass is 10.1. The second-order valence-electron chi connectivity index (χ2n) is 9.46. The van der Waals surface area contributed by atoms with Crippen molar-refractivity contribution in [3.63, 3.8) is 0 Å². The van der Waals surface area contributed by atoms with Gasteiger partial charge in [0.1, 0.15) is 0 Å². The minimum atomic E-state index is -0.302. The Labute approximate surface area is 206 Å². The highest BCUT2D eigenvalue weighted by Gasteiger charge is 2.25. The van der Waals surface area contributed by atoms with Gasteiger partial charge in [0.05, 0.1) is 18.4 Å². The molecule has 3 heterocycles. The number of pyridine rings is 1. The number of ether oxygens (including phenoxy) is 1. The molecule has 1 atom stereocenters. The summed E-state index contributed by atoms with van der Waals surface area (Å²) in [5, 5.41) is 10.7. The Kier molecular flexibility index (Phi) is 7.18. The molecule has 0 amide bonds. The fourth-order valence-corrected chi connectivity index (χ4v) is 5.08. The van der Waals surface area contributed by atoms with Crippen LogP contribution in [0.25, 0.3) is 0 Å². The molecule has 1 aromatic heterocycles. The van der Waals surface area contributed by atoms with E-state index in [2.05, 4.69) is 51.1 Å². The first-order valence-electron chi connectivity index (χ1n) is 12.4. The van der Waals surface area contributed by atoms with Gasteiger partial charge in [-0.2, -0.15) is 0 Å². The molecule has 0 bridgehead atoms. The van der Waals surface area contributed by atoms with Crippen LogP contribution in [0.4, 0.5) is 5.69 Å². The second-order valence-corrected chi connectivity index (χ2v) is 9.46. The van der Waals surface area contributed by atoms with Crippen LogP contribution in [-0.2, 0) is 24.9 Å². The van der Waals surface area contributed by atoms with Gasteiger partial charge in [-0.15, -0.1) is 0 Å². The van der Waals surface area contributed by atoms with Crippen LogP contribution < -0.4 is 10.3 Å². The number of anilines is 1. The van der Waals surface area contributed by atoms with E-state index < -0.39 is 0 Å². The Morgan fingerprint density at radius 1 is 0.886 bits per heavy atom. The molecule has 0 spiro atoms. The summed E-state index contributed by atoms with van der Waals surface area (Å²) in [6.07, 6.45) is -0.00628. The molecule has 2 aliphatic rings. The molecule has 2 aliphatic heterocycles. The van der Waals surface area contributed by atoms with Crippen LogP contribution in [0.5, 0.6) is 5.75 Å². The van der Waals surface area contributed by atoms with Crippen molar-refractivity contribution in [1.82, 2.24) is 14.4 Å². The van der Waals surface area contributed by atoms with Crippen LogP contribution in [0.1, 0.15) is 23.1 Å². The molecule has 1 N–H and O–H groups in total. The lowest BCUT2D eigenvalue weighted by molar-refractivity contribution is -0.0338. The lowest BCUT2D eigenvalue weighted by Gasteiger charge is -2.36. The first-order chi connectivity index (χ1) is 17.1. The molecular formula is C28H34N4O3. The predicted octanol–water partition coefficient (Wildman–Crippen LogP) is 2.99.